The first-order valence-corrected chi connectivity index (χ1v) is 6.40. The highest BCUT2D eigenvalue weighted by Crippen LogP contribution is 2.26. The predicted molar refractivity (Wildman–Crippen MR) is 71.1 cm³/mol. The summed E-state index contributed by atoms with van der Waals surface area (Å²) in [6.07, 6.45) is 3.95. The maximum Gasteiger partial charge on any atom is 0.0766 e. The molecule has 2 heteroatoms. The maximum atomic E-state index is 9.11. The minimum Gasteiger partial charge on any atom is -0.372 e. The lowest BCUT2D eigenvalue weighted by Crippen LogP contribution is -2.29. The topological polar surface area (TPSA) is 27.0 Å². The van der Waals surface area contributed by atoms with Crippen molar-refractivity contribution in [3.63, 3.8) is 0 Å². The molecular weight excluding hydrogens is 208 g/mol. The number of hydrogen-bond donors (Lipinski definition) is 0. The summed E-state index contributed by atoms with van der Waals surface area (Å²) in [7, 11) is 0. The van der Waals surface area contributed by atoms with Crippen LogP contribution in [0.3, 0.4) is 0 Å². The summed E-state index contributed by atoms with van der Waals surface area (Å²) >= 11 is 0. The van der Waals surface area contributed by atoms with Gasteiger partial charge in [-0.05, 0) is 50.8 Å². The van der Waals surface area contributed by atoms with Crippen LogP contribution >= 0.6 is 0 Å². The summed E-state index contributed by atoms with van der Waals surface area (Å²) in [5.41, 5.74) is 2.00. The highest BCUT2D eigenvalue weighted by Gasteiger charge is 2.19. The molecule has 17 heavy (non-hydrogen) atoms. The average Bonchev–Trinajstić information content (AvgIpc) is 2.40. The van der Waals surface area contributed by atoms with E-state index in [1.807, 2.05) is 13.8 Å². The molecule has 0 bridgehead atoms. The van der Waals surface area contributed by atoms with Crippen molar-refractivity contribution >= 4 is 5.69 Å². The molecule has 2 rings (SSSR count). The van der Waals surface area contributed by atoms with E-state index < -0.39 is 0 Å². The van der Waals surface area contributed by atoms with Crippen LogP contribution in [0.25, 0.3) is 0 Å². The smallest absolute Gasteiger partial charge is 0.0766 e. The molecule has 1 aliphatic heterocycles. The van der Waals surface area contributed by atoms with E-state index in [-0.39, 0.29) is 5.41 Å². The summed E-state index contributed by atoms with van der Waals surface area (Å²) in [6, 6.07) is 10.8. The maximum absolute atomic E-state index is 9.11. The van der Waals surface area contributed by atoms with E-state index in [9.17, 15) is 0 Å². The Kier molecular flexibility index (Phi) is 3.38. The van der Waals surface area contributed by atoms with Gasteiger partial charge in [0, 0.05) is 18.8 Å². The first kappa shape index (κ1) is 12.0. The molecule has 0 atom stereocenters. The largest absolute Gasteiger partial charge is 0.372 e. The lowest BCUT2D eigenvalue weighted by atomic mass is 9.86. The Balaban J connectivity index is 2.15. The Morgan fingerprint density at radius 3 is 2.18 bits per heavy atom. The molecule has 0 saturated carbocycles. The first-order chi connectivity index (χ1) is 8.13. The lowest BCUT2D eigenvalue weighted by molar-refractivity contribution is 0.577. The van der Waals surface area contributed by atoms with Gasteiger partial charge in [0.25, 0.3) is 0 Å². The van der Waals surface area contributed by atoms with Gasteiger partial charge in [-0.3, -0.25) is 0 Å². The SMILES string of the molecule is CC(C)(C#N)c1ccc(N2CCCCC2)cc1. The van der Waals surface area contributed by atoms with E-state index >= 15 is 0 Å². The van der Waals surface area contributed by atoms with Crippen molar-refractivity contribution in [3.8, 4) is 6.07 Å². The van der Waals surface area contributed by atoms with Gasteiger partial charge in [-0.1, -0.05) is 12.1 Å². The minimum atomic E-state index is -0.388. The van der Waals surface area contributed by atoms with E-state index in [4.69, 9.17) is 5.26 Å². The number of rotatable bonds is 2. The van der Waals surface area contributed by atoms with Crippen molar-refractivity contribution in [1.82, 2.24) is 0 Å². The van der Waals surface area contributed by atoms with Crippen LogP contribution in [0, 0.1) is 11.3 Å². The third-order valence-electron chi connectivity index (χ3n) is 3.59. The molecule has 2 nitrogen and oxygen atoms in total. The van der Waals surface area contributed by atoms with Gasteiger partial charge < -0.3 is 4.90 Å². The van der Waals surface area contributed by atoms with Crippen molar-refractivity contribution < 1.29 is 0 Å². The Morgan fingerprint density at radius 1 is 1.06 bits per heavy atom. The van der Waals surface area contributed by atoms with Gasteiger partial charge in [-0.15, -0.1) is 0 Å². The third-order valence-corrected chi connectivity index (χ3v) is 3.59. The van der Waals surface area contributed by atoms with Gasteiger partial charge >= 0.3 is 0 Å². The molecule has 0 spiro atoms. The molecule has 1 saturated heterocycles. The number of nitrogens with zero attached hydrogens (tertiary/aromatic N) is 2. The summed E-state index contributed by atoms with van der Waals surface area (Å²) in [5, 5.41) is 9.11. The second kappa shape index (κ2) is 4.79. The van der Waals surface area contributed by atoms with Crippen LogP contribution in [-0.2, 0) is 5.41 Å². The van der Waals surface area contributed by atoms with E-state index in [2.05, 4.69) is 35.2 Å². The fourth-order valence-electron chi connectivity index (χ4n) is 2.31. The molecule has 1 aromatic carbocycles. The Morgan fingerprint density at radius 2 is 1.65 bits per heavy atom. The zero-order valence-corrected chi connectivity index (χ0v) is 10.7. The summed E-state index contributed by atoms with van der Waals surface area (Å²) in [4.78, 5) is 2.44. The standard InChI is InChI=1S/C15H20N2/c1-15(2,12-16)13-6-8-14(9-7-13)17-10-4-3-5-11-17/h6-9H,3-5,10-11H2,1-2H3. The van der Waals surface area contributed by atoms with Crippen molar-refractivity contribution in [1.29, 1.82) is 5.26 Å². The van der Waals surface area contributed by atoms with Gasteiger partial charge in [0.15, 0.2) is 0 Å². The quantitative estimate of drug-likeness (QED) is 0.775. The van der Waals surface area contributed by atoms with E-state index in [1.165, 1.54) is 38.0 Å². The molecule has 0 unspecified atom stereocenters. The molecule has 1 fully saturated rings. The Hall–Kier alpha value is -1.49. The van der Waals surface area contributed by atoms with Crippen LogP contribution in [-0.4, -0.2) is 13.1 Å². The molecule has 90 valence electrons. The molecule has 1 aliphatic rings. The second-order valence-corrected chi connectivity index (χ2v) is 5.33. The number of anilines is 1. The molecule has 0 amide bonds. The lowest BCUT2D eigenvalue weighted by Gasteiger charge is -2.29. The van der Waals surface area contributed by atoms with Gasteiger partial charge in [0.1, 0.15) is 0 Å². The molecule has 0 aromatic heterocycles. The molecular formula is C15H20N2. The highest BCUT2D eigenvalue weighted by molar-refractivity contribution is 5.49. The number of piperidine rings is 1. The van der Waals surface area contributed by atoms with E-state index in [0.29, 0.717) is 0 Å². The van der Waals surface area contributed by atoms with Crippen LogP contribution in [0.4, 0.5) is 5.69 Å². The van der Waals surface area contributed by atoms with E-state index in [1.54, 1.807) is 0 Å². The van der Waals surface area contributed by atoms with Crippen molar-refractivity contribution in [2.24, 2.45) is 0 Å². The minimum absolute atomic E-state index is 0.388. The van der Waals surface area contributed by atoms with Crippen LogP contribution in [0.15, 0.2) is 24.3 Å². The van der Waals surface area contributed by atoms with Crippen molar-refractivity contribution in [2.45, 2.75) is 38.5 Å². The Bertz CT molecular complexity index is 406. The second-order valence-electron chi connectivity index (χ2n) is 5.33. The van der Waals surface area contributed by atoms with Gasteiger partial charge in [-0.2, -0.15) is 5.26 Å². The average molecular weight is 228 g/mol. The number of benzene rings is 1. The Labute approximate surface area is 104 Å². The highest BCUT2D eigenvalue weighted by atomic mass is 15.1. The fraction of sp³-hybridized carbons (Fsp3) is 0.533. The third kappa shape index (κ3) is 2.61. The summed E-state index contributed by atoms with van der Waals surface area (Å²) in [6.45, 7) is 6.26. The fourth-order valence-corrected chi connectivity index (χ4v) is 2.31. The van der Waals surface area contributed by atoms with Crippen LogP contribution < -0.4 is 4.90 Å². The number of hydrogen-bond acceptors (Lipinski definition) is 2. The predicted octanol–water partition coefficient (Wildman–Crippen LogP) is 3.48. The van der Waals surface area contributed by atoms with Gasteiger partial charge in [-0.25, -0.2) is 0 Å². The first-order valence-electron chi connectivity index (χ1n) is 6.40. The van der Waals surface area contributed by atoms with Crippen molar-refractivity contribution in [3.05, 3.63) is 29.8 Å². The molecule has 0 N–H and O–H groups in total. The number of nitriles is 1. The molecule has 0 aliphatic carbocycles. The molecule has 1 heterocycles. The summed E-state index contributed by atoms with van der Waals surface area (Å²) < 4.78 is 0. The zero-order chi connectivity index (χ0) is 12.3. The van der Waals surface area contributed by atoms with Crippen molar-refractivity contribution in [2.75, 3.05) is 18.0 Å². The van der Waals surface area contributed by atoms with Crippen LogP contribution in [0.2, 0.25) is 0 Å². The normalized spacial score (nSPS) is 16.6. The molecule has 1 aromatic rings. The molecule has 0 radical (unpaired) electrons. The zero-order valence-electron chi connectivity index (χ0n) is 10.7. The van der Waals surface area contributed by atoms with Gasteiger partial charge in [0.2, 0.25) is 0 Å². The monoisotopic (exact) mass is 228 g/mol. The van der Waals surface area contributed by atoms with Crippen LogP contribution in [0.1, 0.15) is 38.7 Å². The van der Waals surface area contributed by atoms with Crippen LogP contribution in [0.5, 0.6) is 0 Å². The summed E-state index contributed by atoms with van der Waals surface area (Å²) in [5.74, 6) is 0. The van der Waals surface area contributed by atoms with Gasteiger partial charge in [0.05, 0.1) is 11.5 Å². The van der Waals surface area contributed by atoms with E-state index in [0.717, 1.165) is 5.56 Å².